The van der Waals surface area contributed by atoms with Crippen molar-refractivity contribution in [1.29, 1.82) is 0 Å². The second-order valence-electron chi connectivity index (χ2n) is 6.18. The number of hydroxylamine groups is 2. The molecule has 0 N–H and O–H groups in total. The zero-order valence-corrected chi connectivity index (χ0v) is 14.5. The van der Waals surface area contributed by atoms with E-state index in [1.165, 1.54) is 6.08 Å². The van der Waals surface area contributed by atoms with Crippen LogP contribution in [0, 0.1) is 11.8 Å². The summed E-state index contributed by atoms with van der Waals surface area (Å²) < 4.78 is 28.6. The molecule has 0 saturated carbocycles. The van der Waals surface area contributed by atoms with Gasteiger partial charge < -0.3 is 0 Å². The summed E-state index contributed by atoms with van der Waals surface area (Å²) in [6.45, 7) is 4.04. The van der Waals surface area contributed by atoms with Crippen LogP contribution < -0.4 is 0 Å². The van der Waals surface area contributed by atoms with E-state index >= 15 is 0 Å². The minimum absolute atomic E-state index is 0.0104. The van der Waals surface area contributed by atoms with Crippen molar-refractivity contribution < 1.29 is 22.3 Å². The second kappa shape index (κ2) is 7.72. The molecule has 2 rings (SSSR count). The highest BCUT2D eigenvalue weighted by Crippen LogP contribution is 2.26. The largest absolute Gasteiger partial charge is 0.311 e. The van der Waals surface area contributed by atoms with Crippen LogP contribution in [0.3, 0.4) is 0 Å². The van der Waals surface area contributed by atoms with Gasteiger partial charge >= 0.3 is 10.1 Å². The second-order valence-corrected chi connectivity index (χ2v) is 7.59. The first-order valence-electron chi connectivity index (χ1n) is 7.83. The lowest BCUT2D eigenvalue weighted by atomic mass is 9.97. The summed E-state index contributed by atoms with van der Waals surface area (Å²) in [4.78, 5) is 24.1. The predicted octanol–water partition coefficient (Wildman–Crippen LogP) is 2.73. The Morgan fingerprint density at radius 2 is 1.92 bits per heavy atom. The van der Waals surface area contributed by atoms with Crippen molar-refractivity contribution in [2.75, 3.05) is 0 Å². The molecule has 130 valence electrons. The summed E-state index contributed by atoms with van der Waals surface area (Å²) in [5.41, 5.74) is 0.665. The number of carbonyl (C=O) groups is 2. The summed E-state index contributed by atoms with van der Waals surface area (Å²) in [6, 6.07) is 8.78. The Balaban J connectivity index is 2.02. The molecule has 1 aromatic rings. The molecule has 1 saturated heterocycles. The molecule has 1 atom stereocenters. The Morgan fingerprint density at radius 3 is 2.54 bits per heavy atom. The van der Waals surface area contributed by atoms with Crippen molar-refractivity contribution in [3.8, 4) is 0 Å². The molecular formula is C17H21NO5S. The molecule has 0 radical (unpaired) electrons. The van der Waals surface area contributed by atoms with E-state index in [2.05, 4.69) is 0 Å². The zero-order chi connectivity index (χ0) is 17.7. The van der Waals surface area contributed by atoms with Gasteiger partial charge in [0.1, 0.15) is 0 Å². The molecule has 24 heavy (non-hydrogen) atoms. The van der Waals surface area contributed by atoms with Gasteiger partial charge in [0.2, 0.25) is 0 Å². The minimum Gasteiger partial charge on any atom is -0.272 e. The molecule has 1 fully saturated rings. The Bertz CT molecular complexity index is 725. The number of nitrogens with zero attached hydrogens (tertiary/aromatic N) is 1. The molecule has 7 heteroatoms. The van der Waals surface area contributed by atoms with Crippen LogP contribution in [0.15, 0.2) is 35.7 Å². The van der Waals surface area contributed by atoms with Crippen LogP contribution in [-0.4, -0.2) is 25.3 Å². The highest BCUT2D eigenvalue weighted by molar-refractivity contribution is 7.89. The first-order valence-corrected chi connectivity index (χ1v) is 9.30. The third kappa shape index (κ3) is 5.01. The lowest BCUT2D eigenvalue weighted by Gasteiger charge is -2.13. The van der Waals surface area contributed by atoms with Gasteiger partial charge in [-0.05, 0) is 24.0 Å². The first kappa shape index (κ1) is 18.4. The van der Waals surface area contributed by atoms with Crippen LogP contribution in [0.2, 0.25) is 0 Å². The number of hydrogen-bond donors (Lipinski definition) is 0. The Morgan fingerprint density at radius 1 is 1.25 bits per heavy atom. The third-order valence-electron chi connectivity index (χ3n) is 3.69. The van der Waals surface area contributed by atoms with Crippen molar-refractivity contribution >= 4 is 28.0 Å². The molecule has 6 nitrogen and oxygen atoms in total. The van der Waals surface area contributed by atoms with Crippen molar-refractivity contribution in [1.82, 2.24) is 5.06 Å². The number of hydrogen-bond acceptors (Lipinski definition) is 5. The minimum atomic E-state index is -4.18. The monoisotopic (exact) mass is 351 g/mol. The highest BCUT2D eigenvalue weighted by Gasteiger charge is 2.41. The maximum Gasteiger partial charge on any atom is 0.311 e. The molecular weight excluding hydrogens is 330 g/mol. The molecule has 0 spiro atoms. The number of benzene rings is 1. The average molecular weight is 351 g/mol. The number of carbonyl (C=O) groups excluding carboxylic acids is 2. The molecule has 0 bridgehead atoms. The average Bonchev–Trinajstić information content (AvgIpc) is 2.79. The van der Waals surface area contributed by atoms with Gasteiger partial charge in [0.05, 0.1) is 5.41 Å². The van der Waals surface area contributed by atoms with E-state index in [9.17, 15) is 18.0 Å². The van der Waals surface area contributed by atoms with E-state index in [1.54, 1.807) is 30.3 Å². The van der Waals surface area contributed by atoms with Gasteiger partial charge in [0.25, 0.3) is 11.8 Å². The molecule has 1 aliphatic heterocycles. The van der Waals surface area contributed by atoms with Crippen LogP contribution in [0.25, 0.3) is 6.08 Å². The van der Waals surface area contributed by atoms with Crippen molar-refractivity contribution in [3.63, 3.8) is 0 Å². The highest BCUT2D eigenvalue weighted by atomic mass is 32.2. The van der Waals surface area contributed by atoms with Crippen LogP contribution in [0.1, 0.15) is 38.7 Å². The fourth-order valence-corrected chi connectivity index (χ4v) is 3.10. The van der Waals surface area contributed by atoms with Crippen LogP contribution in [-0.2, 0) is 24.0 Å². The SMILES string of the molecule is CC(C)CCC1CC(=O)N(OS(=O)(=O)/C=C/c2ccccc2)C1=O. The van der Waals surface area contributed by atoms with E-state index in [4.69, 9.17) is 4.28 Å². The van der Waals surface area contributed by atoms with E-state index in [1.807, 2.05) is 13.8 Å². The van der Waals surface area contributed by atoms with Gasteiger partial charge in [-0.2, -0.15) is 8.42 Å². The van der Waals surface area contributed by atoms with Crippen LogP contribution in [0.4, 0.5) is 0 Å². The maximum absolute atomic E-state index is 12.2. The Hall–Kier alpha value is -1.99. The molecule has 1 aliphatic rings. The predicted molar refractivity (Wildman–Crippen MR) is 89.5 cm³/mol. The molecule has 1 unspecified atom stereocenters. The fourth-order valence-electron chi connectivity index (χ4n) is 2.36. The fraction of sp³-hybridized carbons (Fsp3) is 0.412. The molecule has 2 amide bonds. The van der Waals surface area contributed by atoms with Crippen molar-refractivity contribution in [2.24, 2.45) is 11.8 Å². The first-order chi connectivity index (χ1) is 11.3. The van der Waals surface area contributed by atoms with Gasteiger partial charge in [0.15, 0.2) is 0 Å². The van der Waals surface area contributed by atoms with E-state index in [0.29, 0.717) is 23.0 Å². The third-order valence-corrected chi connectivity index (χ3v) is 4.52. The standard InChI is InChI=1S/C17H21NO5S/c1-13(2)8-9-15-12-16(19)18(17(15)20)23-24(21,22)11-10-14-6-4-3-5-7-14/h3-7,10-11,13,15H,8-9,12H2,1-2H3/b11-10+. The lowest BCUT2D eigenvalue weighted by Crippen LogP contribution is -2.32. The maximum atomic E-state index is 12.2. The quantitative estimate of drug-likeness (QED) is 0.706. The summed E-state index contributed by atoms with van der Waals surface area (Å²) in [6.07, 6.45) is 2.67. The van der Waals surface area contributed by atoms with Gasteiger partial charge in [-0.1, -0.05) is 50.6 Å². The summed E-state index contributed by atoms with van der Waals surface area (Å²) in [5.74, 6) is -1.31. The molecule has 0 aromatic heterocycles. The summed E-state index contributed by atoms with van der Waals surface area (Å²) in [7, 11) is -4.18. The normalized spacial score (nSPS) is 19.0. The van der Waals surface area contributed by atoms with Crippen molar-refractivity contribution in [3.05, 3.63) is 41.3 Å². The molecule has 1 aromatic carbocycles. The number of imide groups is 1. The molecule has 0 aliphatic carbocycles. The Kier molecular flexibility index (Phi) is 5.90. The lowest BCUT2D eigenvalue weighted by molar-refractivity contribution is -0.164. The number of rotatable bonds is 7. The van der Waals surface area contributed by atoms with E-state index in [-0.39, 0.29) is 6.42 Å². The van der Waals surface area contributed by atoms with Gasteiger partial charge in [-0.25, -0.2) is 0 Å². The number of amides is 2. The van der Waals surface area contributed by atoms with E-state index < -0.39 is 27.9 Å². The van der Waals surface area contributed by atoms with Gasteiger partial charge in [-0.15, -0.1) is 9.35 Å². The molecule has 1 heterocycles. The van der Waals surface area contributed by atoms with Crippen molar-refractivity contribution in [2.45, 2.75) is 33.1 Å². The van der Waals surface area contributed by atoms with Crippen LogP contribution >= 0.6 is 0 Å². The zero-order valence-electron chi connectivity index (χ0n) is 13.7. The topological polar surface area (TPSA) is 80.8 Å². The Labute approximate surface area is 142 Å². The summed E-state index contributed by atoms with van der Waals surface area (Å²) >= 11 is 0. The smallest absolute Gasteiger partial charge is 0.272 e. The van der Waals surface area contributed by atoms with Gasteiger partial charge in [-0.3, -0.25) is 9.59 Å². The van der Waals surface area contributed by atoms with E-state index in [0.717, 1.165) is 11.8 Å². The summed E-state index contributed by atoms with van der Waals surface area (Å²) in [5, 5.41) is 1.22. The van der Waals surface area contributed by atoms with Crippen LogP contribution in [0.5, 0.6) is 0 Å². The van der Waals surface area contributed by atoms with Gasteiger partial charge in [0, 0.05) is 12.3 Å².